The van der Waals surface area contributed by atoms with Crippen molar-refractivity contribution in [1.82, 2.24) is 5.32 Å². The number of rotatable bonds is 1. The number of nitrogens with zero attached hydrogens (tertiary/aromatic N) is 1. The Kier molecular flexibility index (Phi) is 3.37. The van der Waals surface area contributed by atoms with Crippen molar-refractivity contribution in [2.24, 2.45) is 5.41 Å². The standard InChI is InChI=1S/C12H9BrF2N2O3/c1-12(2)9(18)16-11(20)17(10(12)19)8-6(14)3-5(13)4-7(8)15/h3-4H,1-2H3,(H,16,18,20). The summed E-state index contributed by atoms with van der Waals surface area (Å²) in [4.78, 5) is 35.7. The van der Waals surface area contributed by atoms with Gasteiger partial charge in [0.2, 0.25) is 5.91 Å². The van der Waals surface area contributed by atoms with Crippen LogP contribution in [-0.4, -0.2) is 17.8 Å². The molecule has 5 nitrogen and oxygen atoms in total. The molecule has 1 fully saturated rings. The SMILES string of the molecule is CC1(C)C(=O)NC(=O)N(c2c(F)cc(Br)cc2F)C1=O. The molecule has 20 heavy (non-hydrogen) atoms. The molecule has 0 saturated carbocycles. The number of nitrogens with one attached hydrogen (secondary N) is 1. The maximum Gasteiger partial charge on any atom is 0.335 e. The van der Waals surface area contributed by atoms with Crippen LogP contribution in [0.2, 0.25) is 0 Å². The predicted molar refractivity (Wildman–Crippen MR) is 68.9 cm³/mol. The summed E-state index contributed by atoms with van der Waals surface area (Å²) < 4.78 is 27.8. The first-order valence-electron chi connectivity index (χ1n) is 5.50. The van der Waals surface area contributed by atoms with Gasteiger partial charge in [-0.2, -0.15) is 0 Å². The number of imide groups is 2. The van der Waals surface area contributed by atoms with Crippen molar-refractivity contribution in [2.75, 3.05) is 4.90 Å². The number of hydrogen-bond acceptors (Lipinski definition) is 3. The zero-order chi connectivity index (χ0) is 15.2. The third-order valence-corrected chi connectivity index (χ3v) is 3.39. The number of benzene rings is 1. The largest absolute Gasteiger partial charge is 0.335 e. The van der Waals surface area contributed by atoms with E-state index in [-0.39, 0.29) is 4.47 Å². The highest BCUT2D eigenvalue weighted by Gasteiger charge is 2.49. The normalized spacial score (nSPS) is 18.2. The molecule has 1 N–H and O–H groups in total. The van der Waals surface area contributed by atoms with Crippen molar-refractivity contribution < 1.29 is 23.2 Å². The molecule has 1 aliphatic rings. The number of halogens is 3. The molecule has 1 aromatic rings. The number of barbiturate groups is 1. The highest BCUT2D eigenvalue weighted by molar-refractivity contribution is 9.10. The van der Waals surface area contributed by atoms with E-state index in [0.29, 0.717) is 4.90 Å². The molecule has 1 saturated heterocycles. The van der Waals surface area contributed by atoms with E-state index in [2.05, 4.69) is 15.9 Å². The van der Waals surface area contributed by atoms with E-state index in [4.69, 9.17) is 0 Å². The summed E-state index contributed by atoms with van der Waals surface area (Å²) in [7, 11) is 0. The van der Waals surface area contributed by atoms with Crippen LogP contribution in [-0.2, 0) is 9.59 Å². The Morgan fingerprint density at radius 1 is 1.15 bits per heavy atom. The minimum Gasteiger partial charge on any atom is -0.276 e. The van der Waals surface area contributed by atoms with Gasteiger partial charge in [-0.25, -0.2) is 18.5 Å². The minimum atomic E-state index is -1.60. The van der Waals surface area contributed by atoms with Crippen LogP contribution in [0, 0.1) is 17.0 Å². The van der Waals surface area contributed by atoms with Crippen LogP contribution in [0.1, 0.15) is 13.8 Å². The maximum atomic E-state index is 13.9. The Balaban J connectivity index is 2.60. The van der Waals surface area contributed by atoms with Crippen LogP contribution in [0.15, 0.2) is 16.6 Å². The van der Waals surface area contributed by atoms with Gasteiger partial charge < -0.3 is 0 Å². The van der Waals surface area contributed by atoms with Crippen molar-refractivity contribution in [1.29, 1.82) is 0 Å². The van der Waals surface area contributed by atoms with Gasteiger partial charge in [0.15, 0.2) is 11.6 Å². The molecule has 8 heteroatoms. The van der Waals surface area contributed by atoms with Crippen LogP contribution in [0.5, 0.6) is 0 Å². The van der Waals surface area contributed by atoms with Gasteiger partial charge in [0.25, 0.3) is 5.91 Å². The summed E-state index contributed by atoms with van der Waals surface area (Å²) in [6.07, 6.45) is 0. The van der Waals surface area contributed by atoms with Gasteiger partial charge in [-0.15, -0.1) is 0 Å². The predicted octanol–water partition coefficient (Wildman–Crippen LogP) is 2.34. The van der Waals surface area contributed by atoms with E-state index in [9.17, 15) is 23.2 Å². The van der Waals surface area contributed by atoms with Crippen LogP contribution >= 0.6 is 15.9 Å². The van der Waals surface area contributed by atoms with Gasteiger partial charge in [0, 0.05) is 4.47 Å². The van der Waals surface area contributed by atoms with E-state index in [1.54, 1.807) is 0 Å². The first kappa shape index (κ1) is 14.6. The topological polar surface area (TPSA) is 66.5 Å². The Bertz CT molecular complexity index is 623. The molecule has 4 amide bonds. The highest BCUT2D eigenvalue weighted by atomic mass is 79.9. The lowest BCUT2D eigenvalue weighted by molar-refractivity contribution is -0.140. The third-order valence-electron chi connectivity index (χ3n) is 2.93. The fraction of sp³-hybridized carbons (Fsp3) is 0.250. The first-order chi connectivity index (χ1) is 9.16. The third kappa shape index (κ3) is 2.09. The van der Waals surface area contributed by atoms with E-state index in [1.807, 2.05) is 5.32 Å². The van der Waals surface area contributed by atoms with Crippen LogP contribution in [0.3, 0.4) is 0 Å². The average Bonchev–Trinajstić information content (AvgIpc) is 2.30. The lowest BCUT2D eigenvalue weighted by atomic mass is 9.88. The van der Waals surface area contributed by atoms with E-state index >= 15 is 0 Å². The van der Waals surface area contributed by atoms with Gasteiger partial charge in [0.1, 0.15) is 11.1 Å². The second kappa shape index (κ2) is 4.62. The Labute approximate surface area is 121 Å². The number of amides is 4. The summed E-state index contributed by atoms with van der Waals surface area (Å²) in [6.45, 7) is 2.53. The quantitative estimate of drug-likeness (QED) is 0.793. The van der Waals surface area contributed by atoms with E-state index in [0.717, 1.165) is 12.1 Å². The Morgan fingerprint density at radius 2 is 1.65 bits per heavy atom. The van der Waals surface area contributed by atoms with Gasteiger partial charge in [-0.05, 0) is 26.0 Å². The van der Waals surface area contributed by atoms with Gasteiger partial charge in [-0.3, -0.25) is 14.9 Å². The molecule has 1 heterocycles. The minimum absolute atomic E-state index is 0.122. The fourth-order valence-electron chi connectivity index (χ4n) is 1.73. The molecule has 0 spiro atoms. The maximum absolute atomic E-state index is 13.9. The molecular formula is C12H9BrF2N2O3. The smallest absolute Gasteiger partial charge is 0.276 e. The van der Waals surface area contributed by atoms with Gasteiger partial charge >= 0.3 is 6.03 Å². The summed E-state index contributed by atoms with van der Waals surface area (Å²) >= 11 is 2.90. The molecule has 0 bridgehead atoms. The first-order valence-corrected chi connectivity index (χ1v) is 6.30. The molecular weight excluding hydrogens is 338 g/mol. The van der Waals surface area contributed by atoms with E-state index < -0.39 is 40.6 Å². The number of hydrogen-bond donors (Lipinski definition) is 1. The number of urea groups is 1. The fourth-order valence-corrected chi connectivity index (χ4v) is 2.13. The number of carbonyl (C=O) groups is 3. The molecule has 106 valence electrons. The highest BCUT2D eigenvalue weighted by Crippen LogP contribution is 2.33. The Morgan fingerprint density at radius 3 is 2.15 bits per heavy atom. The van der Waals surface area contributed by atoms with E-state index in [1.165, 1.54) is 13.8 Å². The van der Waals surface area contributed by atoms with Crippen molar-refractivity contribution >= 4 is 39.5 Å². The summed E-state index contributed by atoms with van der Waals surface area (Å²) in [6, 6.07) is 0.657. The lowest BCUT2D eigenvalue weighted by Gasteiger charge is -2.34. The molecule has 1 aromatic carbocycles. The van der Waals surface area contributed by atoms with Crippen molar-refractivity contribution in [3.8, 4) is 0 Å². The second-order valence-electron chi connectivity index (χ2n) is 4.74. The zero-order valence-corrected chi connectivity index (χ0v) is 12.0. The summed E-state index contributed by atoms with van der Waals surface area (Å²) in [5.74, 6) is -4.00. The summed E-state index contributed by atoms with van der Waals surface area (Å²) in [5.41, 5.74) is -2.41. The number of anilines is 1. The number of carbonyl (C=O) groups excluding carboxylic acids is 3. The second-order valence-corrected chi connectivity index (χ2v) is 5.66. The van der Waals surface area contributed by atoms with Crippen LogP contribution in [0.25, 0.3) is 0 Å². The van der Waals surface area contributed by atoms with Crippen molar-refractivity contribution in [3.05, 3.63) is 28.2 Å². The molecule has 0 aromatic heterocycles. The molecule has 2 rings (SSSR count). The van der Waals surface area contributed by atoms with Gasteiger partial charge in [0.05, 0.1) is 0 Å². The zero-order valence-electron chi connectivity index (χ0n) is 10.5. The molecule has 0 atom stereocenters. The van der Waals surface area contributed by atoms with Crippen molar-refractivity contribution in [3.63, 3.8) is 0 Å². The van der Waals surface area contributed by atoms with Crippen molar-refractivity contribution in [2.45, 2.75) is 13.8 Å². The molecule has 1 aliphatic heterocycles. The molecule has 0 aliphatic carbocycles. The lowest BCUT2D eigenvalue weighted by Crippen LogP contribution is -2.62. The molecule has 0 unspecified atom stereocenters. The summed E-state index contributed by atoms with van der Waals surface area (Å²) in [5, 5.41) is 1.90. The molecule has 0 radical (unpaired) electrons. The van der Waals surface area contributed by atoms with Crippen LogP contribution in [0.4, 0.5) is 19.3 Å². The Hall–Kier alpha value is -1.83. The van der Waals surface area contributed by atoms with Gasteiger partial charge in [-0.1, -0.05) is 15.9 Å². The van der Waals surface area contributed by atoms with Crippen LogP contribution < -0.4 is 10.2 Å². The average molecular weight is 347 g/mol. The monoisotopic (exact) mass is 346 g/mol.